The maximum absolute atomic E-state index is 3.57. The molecule has 2 rings (SSSR count). The Morgan fingerprint density at radius 1 is 1.33 bits per heavy atom. The van der Waals surface area contributed by atoms with E-state index in [1.54, 1.807) is 0 Å². The average Bonchev–Trinajstić information content (AvgIpc) is 2.86. The van der Waals surface area contributed by atoms with Gasteiger partial charge in [0.05, 0.1) is 0 Å². The molecule has 0 bridgehead atoms. The van der Waals surface area contributed by atoms with E-state index in [1.165, 1.54) is 14.2 Å². The Morgan fingerprint density at radius 3 is 2.73 bits per heavy atom. The molecule has 1 unspecified atom stereocenters. The maximum atomic E-state index is 3.57. The van der Waals surface area contributed by atoms with Gasteiger partial charge in [0.15, 0.2) is 0 Å². The summed E-state index contributed by atoms with van der Waals surface area (Å²) < 4.78 is 1.23. The maximum Gasteiger partial charge on any atom is 0.0461 e. The van der Waals surface area contributed by atoms with E-state index in [-0.39, 0.29) is 0 Å². The molecule has 1 nitrogen and oxygen atoms in total. The molecule has 2 aromatic heterocycles. The smallest absolute Gasteiger partial charge is 0.0461 e. The van der Waals surface area contributed by atoms with Crippen LogP contribution in [0.5, 0.6) is 0 Å². The van der Waals surface area contributed by atoms with E-state index in [9.17, 15) is 0 Å². The fraction of sp³-hybridized carbons (Fsp3) is 0.273. The first-order chi connectivity index (χ1) is 7.31. The Labute approximate surface area is 106 Å². The van der Waals surface area contributed by atoms with Crippen molar-refractivity contribution >= 4 is 38.6 Å². The Kier molecular flexibility index (Phi) is 3.97. The monoisotopic (exact) mass is 301 g/mol. The molecule has 0 radical (unpaired) electrons. The summed E-state index contributed by atoms with van der Waals surface area (Å²) in [5, 5.41) is 7.62. The number of hydrogen-bond donors (Lipinski definition) is 1. The van der Waals surface area contributed by atoms with E-state index in [4.69, 9.17) is 0 Å². The number of hydrogen-bond acceptors (Lipinski definition) is 3. The molecule has 2 heterocycles. The molecule has 4 heteroatoms. The zero-order valence-electron chi connectivity index (χ0n) is 8.37. The molecular formula is C11H12BrNS2. The minimum Gasteiger partial charge on any atom is -0.312 e. The summed E-state index contributed by atoms with van der Waals surface area (Å²) in [7, 11) is 2.02. The summed E-state index contributed by atoms with van der Waals surface area (Å²) in [4.78, 5) is 2.81. The van der Waals surface area contributed by atoms with Gasteiger partial charge in [-0.3, -0.25) is 0 Å². The van der Waals surface area contributed by atoms with Gasteiger partial charge in [0.1, 0.15) is 0 Å². The standard InChI is InChI=1S/C11H12BrNS2/c1-13-9(10-3-2-5-14-10)7-11-8(12)4-6-15-11/h2-6,9,13H,7H2,1H3. The van der Waals surface area contributed by atoms with Gasteiger partial charge in [0.25, 0.3) is 0 Å². The molecule has 1 N–H and O–H groups in total. The highest BCUT2D eigenvalue weighted by atomic mass is 79.9. The first-order valence-electron chi connectivity index (χ1n) is 4.74. The fourth-order valence-electron chi connectivity index (χ4n) is 1.49. The third kappa shape index (κ3) is 2.69. The van der Waals surface area contributed by atoms with Crippen molar-refractivity contribution in [1.29, 1.82) is 0 Å². The number of halogens is 1. The van der Waals surface area contributed by atoms with Crippen molar-refractivity contribution in [2.75, 3.05) is 7.05 Å². The summed E-state index contributed by atoms with van der Waals surface area (Å²) >= 11 is 7.19. The Morgan fingerprint density at radius 2 is 2.20 bits per heavy atom. The lowest BCUT2D eigenvalue weighted by molar-refractivity contribution is 0.606. The van der Waals surface area contributed by atoms with Crippen LogP contribution in [0.15, 0.2) is 33.4 Å². The summed E-state index contributed by atoms with van der Waals surface area (Å²) in [6.45, 7) is 0. The van der Waals surface area contributed by atoms with Gasteiger partial charge in [-0.25, -0.2) is 0 Å². The Balaban J connectivity index is 2.13. The summed E-state index contributed by atoms with van der Waals surface area (Å²) in [5.74, 6) is 0. The minimum atomic E-state index is 0.431. The number of nitrogens with one attached hydrogen (secondary N) is 1. The van der Waals surface area contributed by atoms with E-state index in [2.05, 4.69) is 50.2 Å². The molecule has 0 saturated heterocycles. The van der Waals surface area contributed by atoms with Crippen LogP contribution in [-0.2, 0) is 6.42 Å². The molecular weight excluding hydrogens is 290 g/mol. The van der Waals surface area contributed by atoms with E-state index in [0.29, 0.717) is 6.04 Å². The van der Waals surface area contributed by atoms with E-state index < -0.39 is 0 Å². The topological polar surface area (TPSA) is 12.0 Å². The Bertz CT molecular complexity index is 408. The fourth-order valence-corrected chi connectivity index (χ4v) is 3.89. The molecule has 2 aromatic rings. The zero-order chi connectivity index (χ0) is 10.7. The normalized spacial score (nSPS) is 12.9. The molecule has 15 heavy (non-hydrogen) atoms. The molecule has 0 aromatic carbocycles. The van der Waals surface area contributed by atoms with Crippen molar-refractivity contribution in [2.24, 2.45) is 0 Å². The Hall–Kier alpha value is -0.160. The van der Waals surface area contributed by atoms with Crippen LogP contribution in [-0.4, -0.2) is 7.05 Å². The average molecular weight is 302 g/mol. The number of thiophene rings is 2. The lowest BCUT2D eigenvalue weighted by Crippen LogP contribution is -2.17. The van der Waals surface area contributed by atoms with Crippen LogP contribution in [0.2, 0.25) is 0 Å². The number of likely N-dealkylation sites (N-methyl/N-ethyl adjacent to an activating group) is 1. The van der Waals surface area contributed by atoms with Gasteiger partial charge < -0.3 is 5.32 Å². The molecule has 0 saturated carbocycles. The second-order valence-corrected chi connectivity index (χ2v) is 6.09. The highest BCUT2D eigenvalue weighted by Gasteiger charge is 2.13. The van der Waals surface area contributed by atoms with Gasteiger partial charge in [-0.05, 0) is 45.9 Å². The molecule has 0 aliphatic carbocycles. The van der Waals surface area contributed by atoms with Crippen molar-refractivity contribution in [3.05, 3.63) is 43.2 Å². The van der Waals surface area contributed by atoms with Crippen molar-refractivity contribution < 1.29 is 0 Å². The predicted octanol–water partition coefficient (Wildman–Crippen LogP) is 4.08. The van der Waals surface area contributed by atoms with E-state index >= 15 is 0 Å². The van der Waals surface area contributed by atoms with Crippen molar-refractivity contribution in [3.8, 4) is 0 Å². The zero-order valence-corrected chi connectivity index (χ0v) is 11.6. The molecule has 0 spiro atoms. The van der Waals surface area contributed by atoms with Crippen molar-refractivity contribution in [1.82, 2.24) is 5.32 Å². The summed E-state index contributed by atoms with van der Waals surface area (Å²) in [5.41, 5.74) is 0. The van der Waals surface area contributed by atoms with Gasteiger partial charge >= 0.3 is 0 Å². The van der Waals surface area contributed by atoms with Crippen molar-refractivity contribution in [3.63, 3.8) is 0 Å². The van der Waals surface area contributed by atoms with Crippen LogP contribution in [0.25, 0.3) is 0 Å². The quantitative estimate of drug-likeness (QED) is 0.897. The van der Waals surface area contributed by atoms with Gasteiger partial charge in [-0.1, -0.05) is 6.07 Å². The largest absolute Gasteiger partial charge is 0.312 e. The van der Waals surface area contributed by atoms with Crippen LogP contribution < -0.4 is 5.32 Å². The molecule has 80 valence electrons. The molecule has 0 amide bonds. The van der Waals surface area contributed by atoms with Gasteiger partial charge in [-0.2, -0.15) is 0 Å². The van der Waals surface area contributed by atoms with E-state index in [1.807, 2.05) is 29.7 Å². The number of rotatable bonds is 4. The van der Waals surface area contributed by atoms with Gasteiger partial charge in [0, 0.05) is 26.7 Å². The highest BCUT2D eigenvalue weighted by molar-refractivity contribution is 9.10. The minimum absolute atomic E-state index is 0.431. The second kappa shape index (κ2) is 5.25. The van der Waals surface area contributed by atoms with Crippen molar-refractivity contribution in [2.45, 2.75) is 12.5 Å². The van der Waals surface area contributed by atoms with Crippen LogP contribution in [0.3, 0.4) is 0 Å². The lowest BCUT2D eigenvalue weighted by atomic mass is 10.1. The van der Waals surface area contributed by atoms with Crippen LogP contribution in [0.1, 0.15) is 15.8 Å². The van der Waals surface area contributed by atoms with Gasteiger partial charge in [0.2, 0.25) is 0 Å². The summed E-state index contributed by atoms with van der Waals surface area (Å²) in [6.07, 6.45) is 1.05. The second-order valence-electron chi connectivity index (χ2n) is 3.25. The molecule has 0 aliphatic rings. The predicted molar refractivity (Wildman–Crippen MR) is 71.8 cm³/mol. The molecule has 0 aliphatic heterocycles. The van der Waals surface area contributed by atoms with Crippen LogP contribution >= 0.6 is 38.6 Å². The molecule has 1 atom stereocenters. The third-order valence-corrected chi connectivity index (χ3v) is 5.25. The third-order valence-electron chi connectivity index (χ3n) is 2.32. The summed E-state index contributed by atoms with van der Waals surface area (Å²) in [6, 6.07) is 6.84. The van der Waals surface area contributed by atoms with Crippen LogP contribution in [0.4, 0.5) is 0 Å². The first-order valence-corrected chi connectivity index (χ1v) is 7.29. The first kappa shape index (κ1) is 11.3. The lowest BCUT2D eigenvalue weighted by Gasteiger charge is -2.13. The SMILES string of the molecule is CNC(Cc1sccc1Br)c1cccs1. The highest BCUT2D eigenvalue weighted by Crippen LogP contribution is 2.29. The van der Waals surface area contributed by atoms with Gasteiger partial charge in [-0.15, -0.1) is 22.7 Å². The van der Waals surface area contributed by atoms with E-state index in [0.717, 1.165) is 6.42 Å². The molecule has 0 fully saturated rings. The van der Waals surface area contributed by atoms with Crippen LogP contribution in [0, 0.1) is 0 Å².